The van der Waals surface area contributed by atoms with Crippen molar-refractivity contribution in [3.8, 4) is 0 Å². The first-order valence-corrected chi connectivity index (χ1v) is 5.23. The zero-order valence-corrected chi connectivity index (χ0v) is 7.91. The molecule has 0 aromatic heterocycles. The summed E-state index contributed by atoms with van der Waals surface area (Å²) >= 11 is 0. The Balaban J connectivity index is 1.99. The minimum absolute atomic E-state index is 0.105. The molecule has 1 fully saturated rings. The van der Waals surface area contributed by atoms with Gasteiger partial charge in [-0.2, -0.15) is 0 Å². The molecule has 0 saturated heterocycles. The monoisotopic (exact) mass is 192 g/mol. The van der Waals surface area contributed by atoms with Gasteiger partial charge in [-0.05, 0) is 24.8 Å². The SMILES string of the molecule is O=C1CCCC2=C1OC1C(=O)CCC21. The van der Waals surface area contributed by atoms with Crippen molar-refractivity contribution < 1.29 is 14.3 Å². The maximum Gasteiger partial charge on any atom is 0.197 e. The molecule has 3 heteroatoms. The minimum Gasteiger partial charge on any atom is -0.478 e. The topological polar surface area (TPSA) is 43.4 Å². The minimum atomic E-state index is -0.304. The molecule has 3 aliphatic rings. The van der Waals surface area contributed by atoms with Gasteiger partial charge < -0.3 is 4.74 Å². The van der Waals surface area contributed by atoms with Crippen molar-refractivity contribution in [2.75, 3.05) is 0 Å². The summed E-state index contributed by atoms with van der Waals surface area (Å²) in [6, 6.07) is 0. The summed E-state index contributed by atoms with van der Waals surface area (Å²) < 4.78 is 5.49. The van der Waals surface area contributed by atoms with Gasteiger partial charge in [-0.3, -0.25) is 9.59 Å². The van der Waals surface area contributed by atoms with E-state index in [1.54, 1.807) is 0 Å². The molecule has 0 radical (unpaired) electrons. The molecule has 3 nitrogen and oxygen atoms in total. The third-order valence-corrected chi connectivity index (χ3v) is 3.47. The summed E-state index contributed by atoms with van der Waals surface area (Å²) in [5.74, 6) is 1.06. The Kier molecular flexibility index (Phi) is 1.58. The third-order valence-electron chi connectivity index (χ3n) is 3.47. The van der Waals surface area contributed by atoms with Crippen LogP contribution in [0.15, 0.2) is 11.3 Å². The van der Waals surface area contributed by atoms with Crippen molar-refractivity contribution in [3.63, 3.8) is 0 Å². The predicted octanol–water partition coefficient (Wildman–Crippen LogP) is 1.37. The second kappa shape index (κ2) is 2.69. The summed E-state index contributed by atoms with van der Waals surface area (Å²) in [6.45, 7) is 0. The average molecular weight is 192 g/mol. The number of allylic oxidation sites excluding steroid dienone is 1. The van der Waals surface area contributed by atoms with Gasteiger partial charge in [0.2, 0.25) is 0 Å². The molecular formula is C11H12O3. The molecule has 0 N–H and O–H groups in total. The zero-order valence-electron chi connectivity index (χ0n) is 7.91. The van der Waals surface area contributed by atoms with E-state index >= 15 is 0 Å². The number of carbonyl (C=O) groups excluding carboxylic acids is 2. The molecule has 1 heterocycles. The van der Waals surface area contributed by atoms with Gasteiger partial charge in [0.05, 0.1) is 0 Å². The van der Waals surface area contributed by atoms with E-state index < -0.39 is 0 Å². The van der Waals surface area contributed by atoms with E-state index in [9.17, 15) is 9.59 Å². The summed E-state index contributed by atoms with van der Waals surface area (Å²) in [5.41, 5.74) is 1.14. The van der Waals surface area contributed by atoms with Gasteiger partial charge in [-0.15, -0.1) is 0 Å². The fourth-order valence-electron chi connectivity index (χ4n) is 2.79. The van der Waals surface area contributed by atoms with Gasteiger partial charge in [0, 0.05) is 18.8 Å². The molecule has 3 rings (SSSR count). The zero-order chi connectivity index (χ0) is 9.71. The second-order valence-electron chi connectivity index (χ2n) is 4.28. The number of carbonyl (C=O) groups is 2. The van der Waals surface area contributed by atoms with Crippen LogP contribution in [-0.2, 0) is 14.3 Å². The van der Waals surface area contributed by atoms with Crippen LogP contribution in [0.1, 0.15) is 32.1 Å². The van der Waals surface area contributed by atoms with Crippen LogP contribution < -0.4 is 0 Å². The van der Waals surface area contributed by atoms with Crippen molar-refractivity contribution in [2.24, 2.45) is 5.92 Å². The second-order valence-corrected chi connectivity index (χ2v) is 4.28. The lowest BCUT2D eigenvalue weighted by molar-refractivity contribution is -0.127. The number of hydrogen-bond donors (Lipinski definition) is 0. The smallest absolute Gasteiger partial charge is 0.197 e. The lowest BCUT2D eigenvalue weighted by Crippen LogP contribution is -2.19. The fourth-order valence-corrected chi connectivity index (χ4v) is 2.79. The van der Waals surface area contributed by atoms with Crippen LogP contribution in [0.2, 0.25) is 0 Å². The molecular weight excluding hydrogens is 180 g/mol. The molecule has 1 aliphatic heterocycles. The first-order valence-electron chi connectivity index (χ1n) is 5.23. The van der Waals surface area contributed by atoms with Crippen LogP contribution in [0.25, 0.3) is 0 Å². The highest BCUT2D eigenvalue weighted by Crippen LogP contribution is 2.44. The molecule has 0 spiro atoms. The Morgan fingerprint density at radius 1 is 1.14 bits per heavy atom. The van der Waals surface area contributed by atoms with Crippen LogP contribution in [0.4, 0.5) is 0 Å². The number of ketones is 2. The molecule has 1 saturated carbocycles. The number of Topliss-reactive ketones (excluding diaryl/α,β-unsaturated/α-hetero) is 2. The van der Waals surface area contributed by atoms with Gasteiger partial charge >= 0.3 is 0 Å². The predicted molar refractivity (Wildman–Crippen MR) is 48.5 cm³/mol. The van der Waals surface area contributed by atoms with Crippen LogP contribution in [-0.4, -0.2) is 17.7 Å². The first kappa shape index (κ1) is 8.21. The van der Waals surface area contributed by atoms with Gasteiger partial charge in [0.1, 0.15) is 0 Å². The Hall–Kier alpha value is -1.12. The Bertz CT molecular complexity index is 354. The molecule has 14 heavy (non-hydrogen) atoms. The molecule has 2 unspecified atom stereocenters. The van der Waals surface area contributed by atoms with Gasteiger partial charge in [-0.25, -0.2) is 0 Å². The average Bonchev–Trinajstić information content (AvgIpc) is 2.69. The summed E-state index contributed by atoms with van der Waals surface area (Å²) in [4.78, 5) is 23.0. The Labute approximate surface area is 82.1 Å². The third kappa shape index (κ3) is 0.925. The summed E-state index contributed by atoms with van der Waals surface area (Å²) in [7, 11) is 0. The Morgan fingerprint density at radius 3 is 2.86 bits per heavy atom. The lowest BCUT2D eigenvalue weighted by Gasteiger charge is -2.13. The van der Waals surface area contributed by atoms with E-state index in [4.69, 9.17) is 4.74 Å². The van der Waals surface area contributed by atoms with E-state index in [0.717, 1.165) is 24.8 Å². The largest absolute Gasteiger partial charge is 0.478 e. The van der Waals surface area contributed by atoms with Gasteiger partial charge in [0.25, 0.3) is 0 Å². The maximum absolute atomic E-state index is 11.5. The Morgan fingerprint density at radius 2 is 2.00 bits per heavy atom. The lowest BCUT2D eigenvalue weighted by atomic mass is 9.88. The van der Waals surface area contributed by atoms with Crippen LogP contribution in [0.3, 0.4) is 0 Å². The molecule has 0 aromatic carbocycles. The first-order chi connectivity index (χ1) is 6.77. The van der Waals surface area contributed by atoms with E-state index in [0.29, 0.717) is 18.6 Å². The molecule has 2 aliphatic carbocycles. The van der Waals surface area contributed by atoms with Crippen molar-refractivity contribution in [1.29, 1.82) is 0 Å². The van der Waals surface area contributed by atoms with Crippen molar-refractivity contribution in [1.82, 2.24) is 0 Å². The van der Waals surface area contributed by atoms with Crippen molar-refractivity contribution >= 4 is 11.6 Å². The van der Waals surface area contributed by atoms with Gasteiger partial charge in [0.15, 0.2) is 23.4 Å². The normalized spacial score (nSPS) is 35.7. The fraction of sp³-hybridized carbons (Fsp3) is 0.636. The van der Waals surface area contributed by atoms with Gasteiger partial charge in [-0.1, -0.05) is 0 Å². The van der Waals surface area contributed by atoms with Crippen molar-refractivity contribution in [3.05, 3.63) is 11.3 Å². The van der Waals surface area contributed by atoms with E-state index in [-0.39, 0.29) is 23.6 Å². The number of fused-ring (bicyclic) bond motifs is 2. The van der Waals surface area contributed by atoms with E-state index in [1.807, 2.05) is 0 Å². The molecule has 0 bridgehead atoms. The maximum atomic E-state index is 11.5. The standard InChI is InChI=1S/C11H12O3/c12-8-3-1-2-6-7-4-5-9(13)11(7)14-10(6)8/h7,11H,1-5H2. The number of ether oxygens (including phenoxy) is 1. The highest BCUT2D eigenvalue weighted by molar-refractivity contribution is 5.98. The number of hydrogen-bond acceptors (Lipinski definition) is 3. The van der Waals surface area contributed by atoms with Crippen LogP contribution in [0, 0.1) is 5.92 Å². The number of rotatable bonds is 0. The quantitative estimate of drug-likeness (QED) is 0.582. The molecule has 2 atom stereocenters. The van der Waals surface area contributed by atoms with Crippen LogP contribution in [0.5, 0.6) is 0 Å². The summed E-state index contributed by atoms with van der Waals surface area (Å²) in [5, 5.41) is 0. The van der Waals surface area contributed by atoms with Crippen molar-refractivity contribution in [2.45, 2.75) is 38.2 Å². The molecule has 74 valence electrons. The highest BCUT2D eigenvalue weighted by atomic mass is 16.5. The molecule has 0 aromatic rings. The van der Waals surface area contributed by atoms with Crippen LogP contribution >= 0.6 is 0 Å². The molecule has 0 amide bonds. The van der Waals surface area contributed by atoms with E-state index in [1.165, 1.54) is 0 Å². The van der Waals surface area contributed by atoms with E-state index in [2.05, 4.69) is 0 Å². The summed E-state index contributed by atoms with van der Waals surface area (Å²) in [6.07, 6.45) is 3.68. The highest BCUT2D eigenvalue weighted by Gasteiger charge is 2.47.